The lowest BCUT2D eigenvalue weighted by Gasteiger charge is -2.38. The molecule has 0 bridgehead atoms. The van der Waals surface area contributed by atoms with Gasteiger partial charge in [0.1, 0.15) is 17.1 Å². The first-order chi connectivity index (χ1) is 12.9. The van der Waals surface area contributed by atoms with Gasteiger partial charge in [-0.05, 0) is 63.8 Å². The lowest BCUT2D eigenvalue weighted by Crippen LogP contribution is -2.49. The predicted octanol–water partition coefficient (Wildman–Crippen LogP) is 4.36. The summed E-state index contributed by atoms with van der Waals surface area (Å²) in [5.74, 6) is 0.990. The van der Waals surface area contributed by atoms with Crippen LogP contribution in [0.1, 0.15) is 29.3 Å². The molecule has 1 amide bonds. The Hall–Kier alpha value is -2.24. The molecule has 0 radical (unpaired) electrons. The quantitative estimate of drug-likeness (QED) is 0.737. The SMILES string of the molecule is CCOc1cccc2c1C(=O)N(c1ccc(Cl)c(C)c1)C(CCN(C)C)O2. The average Bonchev–Trinajstić information content (AvgIpc) is 2.63. The van der Waals surface area contributed by atoms with Crippen LogP contribution in [-0.4, -0.2) is 44.3 Å². The number of fused-ring (bicyclic) bond motifs is 1. The summed E-state index contributed by atoms with van der Waals surface area (Å²) in [5, 5.41) is 0.671. The number of benzene rings is 2. The van der Waals surface area contributed by atoms with Crippen molar-refractivity contribution in [1.82, 2.24) is 4.90 Å². The first-order valence-electron chi connectivity index (χ1n) is 9.09. The molecule has 1 atom stereocenters. The molecule has 0 saturated heterocycles. The van der Waals surface area contributed by atoms with Crippen molar-refractivity contribution in [3.8, 4) is 11.5 Å². The van der Waals surface area contributed by atoms with Crippen LogP contribution in [0.25, 0.3) is 0 Å². The number of carbonyl (C=O) groups is 1. The fourth-order valence-corrected chi connectivity index (χ4v) is 3.28. The monoisotopic (exact) mass is 388 g/mol. The molecule has 1 aliphatic rings. The van der Waals surface area contributed by atoms with Gasteiger partial charge < -0.3 is 14.4 Å². The summed E-state index contributed by atoms with van der Waals surface area (Å²) in [7, 11) is 4.01. The van der Waals surface area contributed by atoms with Gasteiger partial charge in [0, 0.05) is 23.7 Å². The molecule has 2 aromatic rings. The number of amides is 1. The fourth-order valence-electron chi connectivity index (χ4n) is 3.17. The number of aryl methyl sites for hydroxylation is 1. The molecule has 0 fully saturated rings. The normalized spacial score (nSPS) is 16.3. The number of hydrogen-bond acceptors (Lipinski definition) is 4. The first-order valence-corrected chi connectivity index (χ1v) is 9.47. The fraction of sp³-hybridized carbons (Fsp3) is 0.381. The van der Waals surface area contributed by atoms with Gasteiger partial charge >= 0.3 is 0 Å². The Balaban J connectivity index is 2.06. The minimum absolute atomic E-state index is 0.120. The number of halogens is 1. The van der Waals surface area contributed by atoms with Gasteiger partial charge in [0.25, 0.3) is 5.91 Å². The molecule has 0 aliphatic carbocycles. The van der Waals surface area contributed by atoms with Crippen molar-refractivity contribution < 1.29 is 14.3 Å². The van der Waals surface area contributed by atoms with Crippen LogP contribution in [0.2, 0.25) is 5.02 Å². The lowest BCUT2D eigenvalue weighted by atomic mass is 10.1. The maximum absolute atomic E-state index is 13.5. The van der Waals surface area contributed by atoms with Crippen molar-refractivity contribution in [3.05, 3.63) is 52.5 Å². The lowest BCUT2D eigenvalue weighted by molar-refractivity contribution is 0.0828. The molecule has 0 spiro atoms. The minimum Gasteiger partial charge on any atom is -0.493 e. The summed E-state index contributed by atoms with van der Waals surface area (Å²) in [4.78, 5) is 17.3. The van der Waals surface area contributed by atoms with E-state index in [1.807, 2.05) is 58.3 Å². The van der Waals surface area contributed by atoms with Gasteiger partial charge in [-0.15, -0.1) is 0 Å². The van der Waals surface area contributed by atoms with Crippen LogP contribution in [0.5, 0.6) is 11.5 Å². The van der Waals surface area contributed by atoms with E-state index in [1.165, 1.54) is 0 Å². The Morgan fingerprint density at radius 1 is 1.26 bits per heavy atom. The molecule has 3 rings (SSSR count). The Morgan fingerprint density at radius 3 is 2.70 bits per heavy atom. The van der Waals surface area contributed by atoms with Crippen molar-refractivity contribution in [1.29, 1.82) is 0 Å². The maximum atomic E-state index is 13.5. The van der Waals surface area contributed by atoms with Crippen LogP contribution >= 0.6 is 11.6 Å². The van der Waals surface area contributed by atoms with Crippen molar-refractivity contribution >= 4 is 23.2 Å². The number of ether oxygens (including phenoxy) is 2. The molecule has 0 N–H and O–H groups in total. The zero-order valence-electron chi connectivity index (χ0n) is 16.2. The molecule has 1 heterocycles. The topological polar surface area (TPSA) is 42.0 Å². The van der Waals surface area contributed by atoms with E-state index in [4.69, 9.17) is 21.1 Å². The highest BCUT2D eigenvalue weighted by Crippen LogP contribution is 2.38. The Labute approximate surface area is 165 Å². The number of carbonyl (C=O) groups excluding carboxylic acids is 1. The van der Waals surface area contributed by atoms with E-state index in [2.05, 4.69) is 4.90 Å². The second kappa shape index (κ2) is 8.19. The average molecular weight is 389 g/mol. The van der Waals surface area contributed by atoms with Crippen LogP contribution in [0.15, 0.2) is 36.4 Å². The maximum Gasteiger partial charge on any atom is 0.268 e. The third-order valence-electron chi connectivity index (χ3n) is 4.51. The van der Waals surface area contributed by atoms with Gasteiger partial charge in [-0.1, -0.05) is 17.7 Å². The van der Waals surface area contributed by atoms with Crippen molar-refractivity contribution in [3.63, 3.8) is 0 Å². The van der Waals surface area contributed by atoms with Crippen molar-refractivity contribution in [2.45, 2.75) is 26.5 Å². The first kappa shape index (κ1) is 19.5. The number of hydrogen-bond donors (Lipinski definition) is 0. The molecule has 0 aromatic heterocycles. The van der Waals surface area contributed by atoms with Crippen LogP contribution in [0.3, 0.4) is 0 Å². The molecule has 27 heavy (non-hydrogen) atoms. The summed E-state index contributed by atoms with van der Waals surface area (Å²) in [6, 6.07) is 11.1. The highest BCUT2D eigenvalue weighted by Gasteiger charge is 2.37. The molecular weight excluding hydrogens is 364 g/mol. The van der Waals surface area contributed by atoms with E-state index in [9.17, 15) is 4.79 Å². The van der Waals surface area contributed by atoms with Gasteiger partial charge in [-0.3, -0.25) is 9.69 Å². The Kier molecular flexibility index (Phi) is 5.92. The van der Waals surface area contributed by atoms with E-state index in [0.29, 0.717) is 35.1 Å². The second-order valence-corrected chi connectivity index (χ2v) is 7.24. The molecule has 1 unspecified atom stereocenters. The van der Waals surface area contributed by atoms with Gasteiger partial charge in [-0.25, -0.2) is 0 Å². The third kappa shape index (κ3) is 4.04. The molecule has 1 aliphatic heterocycles. The van der Waals surface area contributed by atoms with E-state index in [-0.39, 0.29) is 5.91 Å². The molecular formula is C21H25ClN2O3. The van der Waals surface area contributed by atoms with E-state index < -0.39 is 6.23 Å². The Bertz CT molecular complexity index is 838. The summed E-state index contributed by atoms with van der Waals surface area (Å²) < 4.78 is 11.9. The summed E-state index contributed by atoms with van der Waals surface area (Å²) in [6.45, 7) is 5.10. The minimum atomic E-state index is -0.398. The smallest absolute Gasteiger partial charge is 0.268 e. The molecule has 2 aromatic carbocycles. The van der Waals surface area contributed by atoms with Gasteiger partial charge in [0.2, 0.25) is 0 Å². The molecule has 6 heteroatoms. The largest absolute Gasteiger partial charge is 0.493 e. The Morgan fingerprint density at radius 2 is 2.04 bits per heavy atom. The van der Waals surface area contributed by atoms with Crippen LogP contribution in [0, 0.1) is 6.92 Å². The number of anilines is 1. The predicted molar refractivity (Wildman–Crippen MR) is 108 cm³/mol. The summed E-state index contributed by atoms with van der Waals surface area (Å²) >= 11 is 6.18. The van der Waals surface area contributed by atoms with Crippen molar-refractivity contribution in [2.24, 2.45) is 0 Å². The van der Waals surface area contributed by atoms with Gasteiger partial charge in [0.15, 0.2) is 6.23 Å². The molecule has 144 valence electrons. The molecule has 5 nitrogen and oxygen atoms in total. The summed E-state index contributed by atoms with van der Waals surface area (Å²) in [6.07, 6.45) is 0.281. The third-order valence-corrected chi connectivity index (χ3v) is 4.94. The highest BCUT2D eigenvalue weighted by molar-refractivity contribution is 6.31. The standard InChI is InChI=1S/C21H25ClN2O3/c1-5-26-17-7-6-8-18-20(17)21(25)24(19(27-18)11-12-23(3)4)15-9-10-16(22)14(2)13-15/h6-10,13,19H,5,11-12H2,1-4H3. The second-order valence-electron chi connectivity index (χ2n) is 6.84. The van der Waals surface area contributed by atoms with E-state index in [0.717, 1.165) is 17.8 Å². The van der Waals surface area contributed by atoms with E-state index >= 15 is 0 Å². The number of rotatable bonds is 6. The summed E-state index contributed by atoms with van der Waals surface area (Å²) in [5.41, 5.74) is 2.15. The zero-order chi connectivity index (χ0) is 19.6. The van der Waals surface area contributed by atoms with Crippen molar-refractivity contribution in [2.75, 3.05) is 32.1 Å². The van der Waals surface area contributed by atoms with Gasteiger partial charge in [-0.2, -0.15) is 0 Å². The zero-order valence-corrected chi connectivity index (χ0v) is 16.9. The highest BCUT2D eigenvalue weighted by atomic mass is 35.5. The van der Waals surface area contributed by atoms with Crippen LogP contribution < -0.4 is 14.4 Å². The van der Waals surface area contributed by atoms with Crippen LogP contribution in [0.4, 0.5) is 5.69 Å². The number of nitrogens with zero attached hydrogens (tertiary/aromatic N) is 2. The molecule has 0 saturated carbocycles. The van der Waals surface area contributed by atoms with Crippen LogP contribution in [-0.2, 0) is 0 Å². The van der Waals surface area contributed by atoms with E-state index in [1.54, 1.807) is 11.0 Å². The van der Waals surface area contributed by atoms with Gasteiger partial charge in [0.05, 0.1) is 6.61 Å².